The monoisotopic (exact) mass is 473 g/mol. The lowest BCUT2D eigenvalue weighted by molar-refractivity contribution is 0.0954. The lowest BCUT2D eigenvalue weighted by Gasteiger charge is -2.29. The molecule has 9 heteroatoms. The maximum absolute atomic E-state index is 11.6. The van der Waals surface area contributed by atoms with Crippen LogP contribution < -0.4 is 14.4 Å². The summed E-state index contributed by atoms with van der Waals surface area (Å²) in [6.07, 6.45) is -1.89. The molecule has 0 aliphatic carbocycles. The first kappa shape index (κ1) is 24.5. The summed E-state index contributed by atoms with van der Waals surface area (Å²) >= 11 is 0. The van der Waals surface area contributed by atoms with E-state index in [2.05, 4.69) is 0 Å². The Labute approximate surface area is 193 Å². The number of benzene rings is 3. The average molecular weight is 474 g/mol. The van der Waals surface area contributed by atoms with E-state index in [4.69, 9.17) is 9.47 Å². The molecule has 176 valence electrons. The fraction of sp³-hybridized carbons (Fsp3) is 0.250. The molecule has 3 aromatic rings. The first-order valence-electron chi connectivity index (χ1n) is 10.4. The van der Waals surface area contributed by atoms with Crippen LogP contribution in [0.1, 0.15) is 0 Å². The van der Waals surface area contributed by atoms with E-state index in [1.54, 1.807) is 35.2 Å². The van der Waals surface area contributed by atoms with Gasteiger partial charge in [-0.05, 0) is 42.5 Å². The zero-order chi connectivity index (χ0) is 23.7. The third kappa shape index (κ3) is 8.07. The van der Waals surface area contributed by atoms with E-state index in [9.17, 15) is 23.2 Å². The summed E-state index contributed by atoms with van der Waals surface area (Å²) < 4.78 is 43.7. The summed E-state index contributed by atoms with van der Waals surface area (Å²) in [5, 5.41) is 21.1. The van der Waals surface area contributed by atoms with Crippen LogP contribution in [-0.2, 0) is 10.1 Å². The minimum atomic E-state index is -4.41. The van der Waals surface area contributed by atoms with E-state index in [0.717, 1.165) is 0 Å². The summed E-state index contributed by atoms with van der Waals surface area (Å²) in [6, 6.07) is 23.7. The van der Waals surface area contributed by atoms with Gasteiger partial charge in [0.05, 0.1) is 4.90 Å². The number of hydrogen-bond donors (Lipinski definition) is 3. The van der Waals surface area contributed by atoms with Crippen molar-refractivity contribution in [2.75, 3.05) is 31.2 Å². The van der Waals surface area contributed by atoms with Crippen LogP contribution in [0.3, 0.4) is 0 Å². The molecule has 0 amide bonds. The molecule has 0 aromatic heterocycles. The first-order chi connectivity index (χ1) is 15.8. The molecule has 3 rings (SSSR count). The van der Waals surface area contributed by atoms with Crippen LogP contribution in [0.4, 0.5) is 5.69 Å². The molecular weight excluding hydrogens is 446 g/mol. The van der Waals surface area contributed by atoms with Gasteiger partial charge in [0, 0.05) is 18.8 Å². The number of anilines is 1. The molecule has 0 heterocycles. The number of nitrogens with zero attached hydrogens (tertiary/aromatic N) is 1. The Morgan fingerprint density at radius 2 is 1.21 bits per heavy atom. The van der Waals surface area contributed by atoms with Crippen molar-refractivity contribution in [3.63, 3.8) is 0 Å². The second kappa shape index (κ2) is 11.7. The van der Waals surface area contributed by atoms with E-state index in [-0.39, 0.29) is 31.2 Å². The van der Waals surface area contributed by atoms with E-state index >= 15 is 0 Å². The standard InChI is InChI=1S/C24H27NO7S/c26-20(17-31-22-9-3-1-4-10-22)15-25(19-8-7-13-24(14-19)33(28,29)30)16-21(27)18-32-23-11-5-2-6-12-23/h1-14,20-21,26-27H,15-18H2,(H,28,29,30). The van der Waals surface area contributed by atoms with Crippen molar-refractivity contribution >= 4 is 15.8 Å². The van der Waals surface area contributed by atoms with Gasteiger partial charge in [-0.1, -0.05) is 42.5 Å². The molecule has 0 radical (unpaired) electrons. The fourth-order valence-electron chi connectivity index (χ4n) is 3.16. The summed E-state index contributed by atoms with van der Waals surface area (Å²) in [5.41, 5.74) is 0.405. The van der Waals surface area contributed by atoms with E-state index in [0.29, 0.717) is 17.2 Å². The number of para-hydroxylation sites is 2. The molecule has 0 saturated heterocycles. The van der Waals surface area contributed by atoms with Gasteiger partial charge in [0.15, 0.2) is 0 Å². The van der Waals surface area contributed by atoms with Gasteiger partial charge in [0.2, 0.25) is 0 Å². The van der Waals surface area contributed by atoms with Crippen LogP contribution in [-0.4, -0.2) is 61.7 Å². The molecule has 0 bridgehead atoms. The van der Waals surface area contributed by atoms with Crippen LogP contribution in [0.5, 0.6) is 11.5 Å². The second-order valence-corrected chi connectivity index (χ2v) is 8.85. The van der Waals surface area contributed by atoms with Crippen LogP contribution in [0.15, 0.2) is 89.8 Å². The molecule has 0 fully saturated rings. The summed E-state index contributed by atoms with van der Waals surface area (Å²) in [4.78, 5) is 1.34. The maximum atomic E-state index is 11.6. The molecule has 2 atom stereocenters. The van der Waals surface area contributed by atoms with Crippen molar-refractivity contribution in [1.29, 1.82) is 0 Å². The van der Waals surface area contributed by atoms with Crippen LogP contribution in [0.25, 0.3) is 0 Å². The average Bonchev–Trinajstić information content (AvgIpc) is 2.82. The van der Waals surface area contributed by atoms with Gasteiger partial charge in [-0.25, -0.2) is 0 Å². The summed E-state index contributed by atoms with van der Waals surface area (Å²) in [7, 11) is -4.41. The van der Waals surface area contributed by atoms with Crippen molar-refractivity contribution in [2.24, 2.45) is 0 Å². The van der Waals surface area contributed by atoms with Gasteiger partial charge in [-0.15, -0.1) is 0 Å². The number of aliphatic hydroxyl groups is 2. The van der Waals surface area contributed by atoms with Gasteiger partial charge in [-0.2, -0.15) is 8.42 Å². The largest absolute Gasteiger partial charge is 0.491 e. The van der Waals surface area contributed by atoms with Crippen molar-refractivity contribution < 1.29 is 32.7 Å². The SMILES string of the molecule is O=S(=O)(O)c1cccc(N(CC(O)COc2ccccc2)CC(O)COc2ccccc2)c1. The zero-order valence-corrected chi connectivity index (χ0v) is 18.7. The third-order valence-electron chi connectivity index (χ3n) is 4.71. The lowest BCUT2D eigenvalue weighted by Crippen LogP contribution is -2.41. The van der Waals surface area contributed by atoms with Crippen LogP contribution in [0, 0.1) is 0 Å². The highest BCUT2D eigenvalue weighted by molar-refractivity contribution is 7.85. The quantitative estimate of drug-likeness (QED) is 0.344. The number of ether oxygens (including phenoxy) is 2. The topological polar surface area (TPSA) is 117 Å². The predicted molar refractivity (Wildman–Crippen MR) is 124 cm³/mol. The number of rotatable bonds is 12. The molecule has 2 unspecified atom stereocenters. The van der Waals surface area contributed by atoms with Crippen LogP contribution in [0.2, 0.25) is 0 Å². The number of aliphatic hydroxyl groups excluding tert-OH is 2. The summed E-state index contributed by atoms with van der Waals surface area (Å²) in [6.45, 7) is 0.0819. The smallest absolute Gasteiger partial charge is 0.294 e. The van der Waals surface area contributed by atoms with E-state index in [1.807, 2.05) is 36.4 Å². The normalized spacial score (nSPS) is 13.2. The fourth-order valence-corrected chi connectivity index (χ4v) is 3.68. The minimum absolute atomic E-state index is 0.00485. The molecule has 0 aliphatic rings. The number of hydrogen-bond acceptors (Lipinski definition) is 7. The molecule has 8 nitrogen and oxygen atoms in total. The Hall–Kier alpha value is -3.11. The molecule has 0 spiro atoms. The highest BCUT2D eigenvalue weighted by Crippen LogP contribution is 2.21. The highest BCUT2D eigenvalue weighted by atomic mass is 32.2. The van der Waals surface area contributed by atoms with Gasteiger partial charge >= 0.3 is 0 Å². The Kier molecular flexibility index (Phi) is 8.67. The van der Waals surface area contributed by atoms with Gasteiger partial charge in [0.25, 0.3) is 10.1 Å². The first-order valence-corrected chi connectivity index (χ1v) is 11.8. The molecule has 33 heavy (non-hydrogen) atoms. The third-order valence-corrected chi connectivity index (χ3v) is 5.56. The second-order valence-electron chi connectivity index (χ2n) is 7.43. The Balaban J connectivity index is 1.69. The zero-order valence-electron chi connectivity index (χ0n) is 17.9. The van der Waals surface area contributed by atoms with Crippen molar-refractivity contribution in [3.05, 3.63) is 84.9 Å². The van der Waals surface area contributed by atoms with Crippen molar-refractivity contribution in [1.82, 2.24) is 0 Å². The van der Waals surface area contributed by atoms with Gasteiger partial charge in [-0.3, -0.25) is 4.55 Å². The summed E-state index contributed by atoms with van der Waals surface area (Å²) in [5.74, 6) is 1.21. The molecule has 3 N–H and O–H groups in total. The van der Waals surface area contributed by atoms with Crippen molar-refractivity contribution in [3.8, 4) is 11.5 Å². The highest BCUT2D eigenvalue weighted by Gasteiger charge is 2.20. The minimum Gasteiger partial charge on any atom is -0.491 e. The Bertz CT molecular complexity index is 1040. The predicted octanol–water partition coefficient (Wildman–Crippen LogP) is 2.62. The van der Waals surface area contributed by atoms with E-state index < -0.39 is 22.3 Å². The van der Waals surface area contributed by atoms with Crippen molar-refractivity contribution in [2.45, 2.75) is 17.1 Å². The van der Waals surface area contributed by atoms with Gasteiger partial charge < -0.3 is 24.6 Å². The van der Waals surface area contributed by atoms with Gasteiger partial charge in [0.1, 0.15) is 36.9 Å². The maximum Gasteiger partial charge on any atom is 0.294 e. The van der Waals surface area contributed by atoms with E-state index in [1.165, 1.54) is 18.2 Å². The van der Waals surface area contributed by atoms with Crippen LogP contribution >= 0.6 is 0 Å². The molecular formula is C24H27NO7S. The lowest BCUT2D eigenvalue weighted by atomic mass is 10.2. The molecule has 0 saturated carbocycles. The molecule has 3 aromatic carbocycles. The Morgan fingerprint density at radius 3 is 1.67 bits per heavy atom. The molecule has 0 aliphatic heterocycles. The Morgan fingerprint density at radius 1 is 0.727 bits per heavy atom.